The molecule has 0 saturated carbocycles. The highest BCUT2D eigenvalue weighted by molar-refractivity contribution is 7.99. The van der Waals surface area contributed by atoms with E-state index in [1.165, 1.54) is 24.3 Å². The first kappa shape index (κ1) is 15.4. The van der Waals surface area contributed by atoms with Crippen LogP contribution in [0, 0.1) is 0 Å². The van der Waals surface area contributed by atoms with Gasteiger partial charge in [0, 0.05) is 24.1 Å². The van der Waals surface area contributed by atoms with Crippen LogP contribution < -0.4 is 10.6 Å². The molecule has 0 spiro atoms. The Bertz CT molecular complexity index is 436. The van der Waals surface area contributed by atoms with Crippen molar-refractivity contribution >= 4 is 23.4 Å². The van der Waals surface area contributed by atoms with Crippen molar-refractivity contribution in [2.24, 2.45) is 0 Å². The molecule has 0 atom stereocenters. The summed E-state index contributed by atoms with van der Waals surface area (Å²) in [6.45, 7) is 9.42. The molecule has 1 aromatic heterocycles. The van der Waals surface area contributed by atoms with Crippen molar-refractivity contribution < 1.29 is 0 Å². The summed E-state index contributed by atoms with van der Waals surface area (Å²) in [6, 6.07) is 2.58. The van der Waals surface area contributed by atoms with Gasteiger partial charge < -0.3 is 10.6 Å². The third kappa shape index (κ3) is 4.27. The number of thioether (sulfide) groups is 1. The molecule has 20 heavy (non-hydrogen) atoms. The molecule has 1 saturated heterocycles. The molecule has 1 aliphatic rings. The Morgan fingerprint density at radius 2 is 1.85 bits per heavy atom. The standard InChI is InChI=1S/C15H26N4S/c1-5-16-12-10-13(17-11-6-8-20-9-7-11)19-14(18-12)15(2,3)4/h10-11H,5-9H2,1-4H3,(H2,16,17,18,19). The minimum absolute atomic E-state index is 0.0374. The molecule has 1 aliphatic heterocycles. The monoisotopic (exact) mass is 294 g/mol. The van der Waals surface area contributed by atoms with Crippen LogP contribution in [0.4, 0.5) is 11.6 Å². The first-order valence-corrected chi connectivity index (χ1v) is 8.62. The topological polar surface area (TPSA) is 49.8 Å². The van der Waals surface area contributed by atoms with Crippen molar-refractivity contribution in [2.75, 3.05) is 28.7 Å². The number of hydrogen-bond acceptors (Lipinski definition) is 5. The summed E-state index contributed by atoms with van der Waals surface area (Å²) in [5.74, 6) is 5.26. The zero-order valence-corrected chi connectivity index (χ0v) is 13.8. The molecule has 1 aromatic rings. The lowest BCUT2D eigenvalue weighted by atomic mass is 9.96. The molecule has 1 fully saturated rings. The second kappa shape index (κ2) is 6.66. The average Bonchev–Trinajstić information content (AvgIpc) is 2.39. The first-order valence-electron chi connectivity index (χ1n) is 7.46. The molecular weight excluding hydrogens is 268 g/mol. The van der Waals surface area contributed by atoms with Crippen LogP contribution in [-0.2, 0) is 5.41 Å². The Hall–Kier alpha value is -0.970. The molecule has 0 bridgehead atoms. The lowest BCUT2D eigenvalue weighted by Gasteiger charge is -2.25. The van der Waals surface area contributed by atoms with Crippen molar-refractivity contribution in [3.63, 3.8) is 0 Å². The molecule has 2 N–H and O–H groups in total. The summed E-state index contributed by atoms with van der Waals surface area (Å²) in [7, 11) is 0. The molecule has 5 heteroatoms. The molecule has 0 radical (unpaired) electrons. The van der Waals surface area contributed by atoms with Crippen LogP contribution >= 0.6 is 11.8 Å². The van der Waals surface area contributed by atoms with Crippen molar-refractivity contribution in [1.82, 2.24) is 9.97 Å². The van der Waals surface area contributed by atoms with E-state index in [9.17, 15) is 0 Å². The number of anilines is 2. The van der Waals surface area contributed by atoms with Gasteiger partial charge in [-0.2, -0.15) is 11.8 Å². The SMILES string of the molecule is CCNc1cc(NC2CCSCC2)nc(C(C)(C)C)n1. The first-order chi connectivity index (χ1) is 9.49. The van der Waals surface area contributed by atoms with E-state index in [0.717, 1.165) is 24.0 Å². The number of hydrogen-bond donors (Lipinski definition) is 2. The Balaban J connectivity index is 2.19. The lowest BCUT2D eigenvalue weighted by Crippen LogP contribution is -2.26. The van der Waals surface area contributed by atoms with E-state index in [-0.39, 0.29) is 5.41 Å². The molecule has 0 unspecified atom stereocenters. The van der Waals surface area contributed by atoms with Gasteiger partial charge in [-0.15, -0.1) is 0 Å². The van der Waals surface area contributed by atoms with Gasteiger partial charge >= 0.3 is 0 Å². The van der Waals surface area contributed by atoms with Crippen molar-refractivity contribution in [2.45, 2.75) is 52.0 Å². The van der Waals surface area contributed by atoms with Gasteiger partial charge in [0.15, 0.2) is 0 Å². The molecule has 4 nitrogen and oxygen atoms in total. The van der Waals surface area contributed by atoms with E-state index in [2.05, 4.69) is 43.3 Å². The zero-order chi connectivity index (χ0) is 14.6. The quantitative estimate of drug-likeness (QED) is 0.890. The van der Waals surface area contributed by atoms with Crippen molar-refractivity contribution in [3.05, 3.63) is 11.9 Å². The predicted octanol–water partition coefficient (Wildman–Crippen LogP) is 3.51. The summed E-state index contributed by atoms with van der Waals surface area (Å²) in [4.78, 5) is 9.33. The number of nitrogens with one attached hydrogen (secondary N) is 2. The van der Waals surface area contributed by atoms with Gasteiger partial charge in [0.05, 0.1) is 0 Å². The smallest absolute Gasteiger partial charge is 0.138 e. The van der Waals surface area contributed by atoms with E-state index in [0.29, 0.717) is 6.04 Å². The fourth-order valence-electron chi connectivity index (χ4n) is 2.18. The predicted molar refractivity (Wildman–Crippen MR) is 88.9 cm³/mol. The molecule has 2 rings (SSSR count). The number of aromatic nitrogens is 2. The van der Waals surface area contributed by atoms with Crippen molar-refractivity contribution in [3.8, 4) is 0 Å². The summed E-state index contributed by atoms with van der Waals surface area (Å²) in [5, 5.41) is 6.89. The maximum atomic E-state index is 4.71. The highest BCUT2D eigenvalue weighted by Crippen LogP contribution is 2.25. The number of nitrogens with zero attached hydrogens (tertiary/aromatic N) is 2. The maximum Gasteiger partial charge on any atom is 0.138 e. The fraction of sp³-hybridized carbons (Fsp3) is 0.733. The van der Waals surface area contributed by atoms with Crippen LogP contribution in [0.15, 0.2) is 6.07 Å². The minimum atomic E-state index is -0.0374. The van der Waals surface area contributed by atoms with Gasteiger partial charge in [0.2, 0.25) is 0 Å². The summed E-state index contributed by atoms with van der Waals surface area (Å²) in [5.41, 5.74) is -0.0374. The second-order valence-corrected chi connectivity index (χ2v) is 7.50. The molecular formula is C15H26N4S. The van der Waals surface area contributed by atoms with E-state index in [1.54, 1.807) is 0 Å². The van der Waals surface area contributed by atoms with E-state index in [4.69, 9.17) is 4.98 Å². The molecule has 0 amide bonds. The Morgan fingerprint density at radius 3 is 2.45 bits per heavy atom. The molecule has 0 aromatic carbocycles. The average molecular weight is 294 g/mol. The lowest BCUT2D eigenvalue weighted by molar-refractivity contribution is 0.545. The fourth-order valence-corrected chi connectivity index (χ4v) is 3.29. The summed E-state index contributed by atoms with van der Waals surface area (Å²) >= 11 is 2.04. The van der Waals surface area contributed by atoms with Crippen LogP contribution in [0.25, 0.3) is 0 Å². The van der Waals surface area contributed by atoms with E-state index in [1.807, 2.05) is 17.8 Å². The van der Waals surface area contributed by atoms with Gasteiger partial charge in [0.1, 0.15) is 17.5 Å². The van der Waals surface area contributed by atoms with Gasteiger partial charge in [-0.3, -0.25) is 0 Å². The Labute approximate surface area is 126 Å². The van der Waals surface area contributed by atoms with Crippen molar-refractivity contribution in [1.29, 1.82) is 0 Å². The van der Waals surface area contributed by atoms with Crippen LogP contribution in [0.3, 0.4) is 0 Å². The summed E-state index contributed by atoms with van der Waals surface area (Å²) in [6.07, 6.45) is 2.44. The van der Waals surface area contributed by atoms with Crippen LogP contribution in [0.5, 0.6) is 0 Å². The van der Waals surface area contributed by atoms with Crippen LogP contribution in [0.2, 0.25) is 0 Å². The minimum Gasteiger partial charge on any atom is -0.370 e. The third-order valence-electron chi connectivity index (χ3n) is 3.33. The van der Waals surface area contributed by atoms with E-state index >= 15 is 0 Å². The molecule has 112 valence electrons. The molecule has 2 heterocycles. The van der Waals surface area contributed by atoms with Gasteiger partial charge in [0.25, 0.3) is 0 Å². The Morgan fingerprint density at radius 1 is 1.20 bits per heavy atom. The molecule has 0 aliphatic carbocycles. The normalized spacial score (nSPS) is 17.0. The largest absolute Gasteiger partial charge is 0.370 e. The van der Waals surface area contributed by atoms with E-state index < -0.39 is 0 Å². The number of rotatable bonds is 4. The maximum absolute atomic E-state index is 4.71. The summed E-state index contributed by atoms with van der Waals surface area (Å²) < 4.78 is 0. The van der Waals surface area contributed by atoms with Gasteiger partial charge in [-0.05, 0) is 31.3 Å². The Kier molecular flexibility index (Phi) is 5.13. The van der Waals surface area contributed by atoms with Gasteiger partial charge in [-0.25, -0.2) is 9.97 Å². The highest BCUT2D eigenvalue weighted by Gasteiger charge is 2.20. The highest BCUT2D eigenvalue weighted by atomic mass is 32.2. The third-order valence-corrected chi connectivity index (χ3v) is 4.38. The second-order valence-electron chi connectivity index (χ2n) is 6.27. The van der Waals surface area contributed by atoms with Crippen LogP contribution in [0.1, 0.15) is 46.4 Å². The van der Waals surface area contributed by atoms with Crippen LogP contribution in [-0.4, -0.2) is 34.1 Å². The van der Waals surface area contributed by atoms with Gasteiger partial charge in [-0.1, -0.05) is 20.8 Å². The zero-order valence-electron chi connectivity index (χ0n) is 13.0.